The Kier molecular flexibility index (Phi) is 5.73. The Labute approximate surface area is 60.9 Å². The molecule has 0 bridgehead atoms. The Morgan fingerprint density at radius 3 is 2.67 bits per heavy atom. The van der Waals surface area contributed by atoms with Gasteiger partial charge in [-0.15, -0.1) is 0 Å². The van der Waals surface area contributed by atoms with Gasteiger partial charge in [-0.25, -0.2) is 0 Å². The fraction of sp³-hybridized carbons (Fsp3) is 0.833. The average molecular weight is 150 g/mol. The van der Waals surface area contributed by atoms with E-state index in [4.69, 9.17) is 11.8 Å². The standard InChI is InChI=1S/C6H12ClNO/c1-2-3-4-5-8(7)6-9/h6H,2-5H2,1H3. The highest BCUT2D eigenvalue weighted by atomic mass is 35.5. The first-order valence-electron chi connectivity index (χ1n) is 3.19. The van der Waals surface area contributed by atoms with E-state index in [-0.39, 0.29) is 0 Å². The second-order valence-corrected chi connectivity index (χ2v) is 2.37. The summed E-state index contributed by atoms with van der Waals surface area (Å²) in [7, 11) is 0. The van der Waals surface area contributed by atoms with Crippen LogP contribution in [0.3, 0.4) is 0 Å². The minimum absolute atomic E-state index is 0.636. The topological polar surface area (TPSA) is 20.3 Å². The molecule has 0 heterocycles. The van der Waals surface area contributed by atoms with Crippen LogP contribution >= 0.6 is 11.8 Å². The van der Waals surface area contributed by atoms with E-state index in [1.54, 1.807) is 0 Å². The van der Waals surface area contributed by atoms with Gasteiger partial charge in [0.05, 0.1) is 0 Å². The molecule has 0 rings (SSSR count). The average Bonchev–Trinajstić information content (AvgIpc) is 1.89. The second kappa shape index (κ2) is 5.89. The molecule has 1 amide bonds. The number of rotatable bonds is 5. The largest absolute Gasteiger partial charge is 0.277 e. The van der Waals surface area contributed by atoms with Crippen LogP contribution in [0.2, 0.25) is 0 Å². The number of amides is 1. The van der Waals surface area contributed by atoms with E-state index in [9.17, 15) is 4.79 Å². The molecule has 0 saturated heterocycles. The van der Waals surface area contributed by atoms with Crippen LogP contribution in [-0.4, -0.2) is 17.4 Å². The fourth-order valence-corrected chi connectivity index (χ4v) is 0.685. The molecule has 0 aliphatic carbocycles. The van der Waals surface area contributed by atoms with Crippen molar-refractivity contribution in [3.63, 3.8) is 0 Å². The number of hydrogen-bond acceptors (Lipinski definition) is 1. The summed E-state index contributed by atoms with van der Waals surface area (Å²) in [5.41, 5.74) is 0. The van der Waals surface area contributed by atoms with Crippen LogP contribution in [0.5, 0.6) is 0 Å². The zero-order valence-electron chi connectivity index (χ0n) is 5.64. The quantitative estimate of drug-likeness (QED) is 0.332. The first-order chi connectivity index (χ1) is 4.31. The van der Waals surface area contributed by atoms with Gasteiger partial charge in [0.2, 0.25) is 6.41 Å². The molecule has 0 aromatic rings. The van der Waals surface area contributed by atoms with Crippen molar-refractivity contribution >= 4 is 18.2 Å². The van der Waals surface area contributed by atoms with Crippen LogP contribution in [0.4, 0.5) is 0 Å². The number of carbonyl (C=O) groups excluding carboxylic acids is 1. The molecular formula is C6H12ClNO. The number of carbonyl (C=O) groups is 1. The Morgan fingerprint density at radius 2 is 2.22 bits per heavy atom. The maximum atomic E-state index is 9.89. The summed E-state index contributed by atoms with van der Waals surface area (Å²) in [6.07, 6.45) is 3.93. The van der Waals surface area contributed by atoms with Crippen molar-refractivity contribution in [1.82, 2.24) is 4.42 Å². The highest BCUT2D eigenvalue weighted by Crippen LogP contribution is 1.97. The van der Waals surface area contributed by atoms with E-state index in [0.29, 0.717) is 13.0 Å². The Bertz CT molecular complexity index is 77.5. The molecule has 9 heavy (non-hydrogen) atoms. The van der Waals surface area contributed by atoms with Gasteiger partial charge >= 0.3 is 0 Å². The summed E-state index contributed by atoms with van der Waals surface area (Å²) in [5.74, 6) is 0. The Morgan fingerprint density at radius 1 is 1.56 bits per heavy atom. The molecule has 0 atom stereocenters. The van der Waals surface area contributed by atoms with Crippen LogP contribution in [-0.2, 0) is 4.79 Å². The number of hydrogen-bond donors (Lipinski definition) is 0. The third-order valence-electron chi connectivity index (χ3n) is 1.09. The molecule has 2 nitrogen and oxygen atoms in total. The first kappa shape index (κ1) is 8.76. The third kappa shape index (κ3) is 5.63. The second-order valence-electron chi connectivity index (χ2n) is 1.94. The molecule has 0 N–H and O–H groups in total. The van der Waals surface area contributed by atoms with Gasteiger partial charge in [0.15, 0.2) is 0 Å². The number of nitrogens with zero attached hydrogens (tertiary/aromatic N) is 1. The van der Waals surface area contributed by atoms with Crippen molar-refractivity contribution in [2.45, 2.75) is 26.2 Å². The molecule has 0 aromatic heterocycles. The van der Waals surface area contributed by atoms with Gasteiger partial charge in [-0.1, -0.05) is 19.8 Å². The van der Waals surface area contributed by atoms with Gasteiger partial charge in [0.25, 0.3) is 0 Å². The monoisotopic (exact) mass is 149 g/mol. The van der Waals surface area contributed by atoms with Gasteiger partial charge in [0.1, 0.15) is 0 Å². The molecule has 3 heteroatoms. The molecule has 0 fully saturated rings. The highest BCUT2D eigenvalue weighted by molar-refractivity contribution is 6.18. The number of halogens is 1. The van der Waals surface area contributed by atoms with E-state index < -0.39 is 0 Å². The molecule has 0 saturated carbocycles. The summed E-state index contributed by atoms with van der Waals surface area (Å²) >= 11 is 5.37. The van der Waals surface area contributed by atoms with Crippen LogP contribution in [0.1, 0.15) is 26.2 Å². The third-order valence-corrected chi connectivity index (χ3v) is 1.34. The fourth-order valence-electron chi connectivity index (χ4n) is 0.566. The summed E-state index contributed by atoms with van der Waals surface area (Å²) in [6, 6.07) is 0. The van der Waals surface area contributed by atoms with Gasteiger partial charge < -0.3 is 0 Å². The molecule has 0 aliphatic heterocycles. The zero-order chi connectivity index (χ0) is 7.11. The lowest BCUT2D eigenvalue weighted by Crippen LogP contribution is -2.10. The predicted molar refractivity (Wildman–Crippen MR) is 38.1 cm³/mol. The Hall–Kier alpha value is -0.240. The minimum Gasteiger partial charge on any atom is -0.277 e. The van der Waals surface area contributed by atoms with E-state index in [1.165, 1.54) is 0 Å². The van der Waals surface area contributed by atoms with Crippen LogP contribution in [0.25, 0.3) is 0 Å². The smallest absolute Gasteiger partial charge is 0.224 e. The highest BCUT2D eigenvalue weighted by Gasteiger charge is 1.92. The van der Waals surface area contributed by atoms with E-state index in [1.807, 2.05) is 0 Å². The predicted octanol–water partition coefficient (Wildman–Crippen LogP) is 1.79. The minimum atomic E-state index is 0.636. The first-order valence-corrected chi connectivity index (χ1v) is 3.52. The normalized spacial score (nSPS) is 9.11. The van der Waals surface area contributed by atoms with Crippen LogP contribution < -0.4 is 0 Å². The summed E-state index contributed by atoms with van der Waals surface area (Å²) in [5, 5.41) is 0. The van der Waals surface area contributed by atoms with Crippen molar-refractivity contribution in [2.75, 3.05) is 6.54 Å². The molecule has 0 spiro atoms. The van der Waals surface area contributed by atoms with Crippen molar-refractivity contribution in [2.24, 2.45) is 0 Å². The van der Waals surface area contributed by atoms with Crippen molar-refractivity contribution in [3.8, 4) is 0 Å². The van der Waals surface area contributed by atoms with Crippen molar-refractivity contribution in [3.05, 3.63) is 0 Å². The SMILES string of the molecule is CCCCCN(Cl)C=O. The summed E-state index contributed by atoms with van der Waals surface area (Å²) in [4.78, 5) is 9.89. The molecule has 0 radical (unpaired) electrons. The maximum Gasteiger partial charge on any atom is 0.224 e. The molecular weight excluding hydrogens is 138 g/mol. The van der Waals surface area contributed by atoms with Gasteiger partial charge in [-0.2, -0.15) is 0 Å². The van der Waals surface area contributed by atoms with E-state index in [2.05, 4.69) is 6.92 Å². The van der Waals surface area contributed by atoms with E-state index in [0.717, 1.165) is 23.7 Å². The summed E-state index contributed by atoms with van der Waals surface area (Å²) < 4.78 is 1.15. The van der Waals surface area contributed by atoms with E-state index >= 15 is 0 Å². The molecule has 0 unspecified atom stereocenters. The lowest BCUT2D eigenvalue weighted by atomic mass is 10.2. The van der Waals surface area contributed by atoms with Crippen molar-refractivity contribution < 1.29 is 4.79 Å². The lowest BCUT2D eigenvalue weighted by Gasteiger charge is -2.04. The molecule has 0 aliphatic rings. The molecule has 0 aromatic carbocycles. The Balaban J connectivity index is 2.96. The number of unbranched alkanes of at least 4 members (excludes halogenated alkanes) is 2. The zero-order valence-corrected chi connectivity index (χ0v) is 6.40. The van der Waals surface area contributed by atoms with Crippen LogP contribution in [0, 0.1) is 0 Å². The van der Waals surface area contributed by atoms with Gasteiger partial charge in [-0.05, 0) is 6.42 Å². The van der Waals surface area contributed by atoms with Gasteiger partial charge in [0, 0.05) is 18.3 Å². The van der Waals surface area contributed by atoms with Crippen LogP contribution in [0.15, 0.2) is 0 Å². The van der Waals surface area contributed by atoms with Gasteiger partial charge in [-0.3, -0.25) is 9.21 Å². The lowest BCUT2D eigenvalue weighted by molar-refractivity contribution is -0.114. The van der Waals surface area contributed by atoms with Crippen molar-refractivity contribution in [1.29, 1.82) is 0 Å². The maximum absolute atomic E-state index is 9.89. The summed E-state index contributed by atoms with van der Waals surface area (Å²) in [6.45, 7) is 2.78. The molecule has 54 valence electrons.